The first-order chi connectivity index (χ1) is 12.6. The Kier molecular flexibility index (Phi) is 7.38. The van der Waals surface area contributed by atoms with E-state index in [1.54, 1.807) is 6.07 Å². The summed E-state index contributed by atoms with van der Waals surface area (Å²) in [5, 5.41) is 6.08. The van der Waals surface area contributed by atoms with Crippen LogP contribution in [0.5, 0.6) is 0 Å². The molecule has 0 spiro atoms. The number of benzene rings is 1. The van der Waals surface area contributed by atoms with Crippen LogP contribution in [0.3, 0.4) is 0 Å². The molecule has 2 N–H and O–H groups in total. The number of amides is 1. The molecule has 0 aliphatic carbocycles. The molecule has 1 heterocycles. The predicted molar refractivity (Wildman–Crippen MR) is 107 cm³/mol. The lowest BCUT2D eigenvalue weighted by Crippen LogP contribution is -2.25. The Morgan fingerprint density at radius 2 is 1.77 bits per heavy atom. The monoisotopic (exact) mass is 355 g/mol. The Balaban J connectivity index is 2.10. The van der Waals surface area contributed by atoms with Gasteiger partial charge < -0.3 is 15.5 Å². The van der Waals surface area contributed by atoms with E-state index in [1.165, 1.54) is 5.69 Å². The average Bonchev–Trinajstić information content (AvgIpc) is 2.64. The van der Waals surface area contributed by atoms with Gasteiger partial charge in [-0.3, -0.25) is 4.79 Å². The van der Waals surface area contributed by atoms with Gasteiger partial charge in [0.15, 0.2) is 0 Å². The second-order valence-electron chi connectivity index (χ2n) is 6.17. The highest BCUT2D eigenvalue weighted by atomic mass is 16.1. The van der Waals surface area contributed by atoms with E-state index in [9.17, 15) is 4.79 Å². The first kappa shape index (κ1) is 19.7. The van der Waals surface area contributed by atoms with Crippen molar-refractivity contribution in [1.82, 2.24) is 15.3 Å². The maximum Gasteiger partial charge on any atom is 0.270 e. The lowest BCUT2D eigenvalue weighted by molar-refractivity contribution is 0.0948. The zero-order valence-electron chi connectivity index (χ0n) is 16.2. The van der Waals surface area contributed by atoms with Crippen LogP contribution in [0.1, 0.15) is 49.8 Å². The van der Waals surface area contributed by atoms with Gasteiger partial charge >= 0.3 is 0 Å². The average molecular weight is 355 g/mol. The lowest BCUT2D eigenvalue weighted by Gasteiger charge is -2.21. The van der Waals surface area contributed by atoms with Gasteiger partial charge in [0.2, 0.25) is 5.95 Å². The first-order valence-electron chi connectivity index (χ1n) is 9.33. The smallest absolute Gasteiger partial charge is 0.270 e. The molecule has 0 aliphatic heterocycles. The van der Waals surface area contributed by atoms with Crippen LogP contribution in [0.2, 0.25) is 0 Å². The number of nitrogens with zero attached hydrogens (tertiary/aromatic N) is 3. The fourth-order valence-electron chi connectivity index (χ4n) is 2.68. The molecule has 0 saturated carbocycles. The van der Waals surface area contributed by atoms with Gasteiger partial charge in [0.05, 0.1) is 0 Å². The van der Waals surface area contributed by atoms with E-state index in [2.05, 4.69) is 58.4 Å². The summed E-state index contributed by atoms with van der Waals surface area (Å²) in [7, 11) is 0. The molecule has 0 fully saturated rings. The summed E-state index contributed by atoms with van der Waals surface area (Å²) in [6.07, 6.45) is 2.00. The van der Waals surface area contributed by atoms with Crippen molar-refractivity contribution in [3.63, 3.8) is 0 Å². The van der Waals surface area contributed by atoms with Gasteiger partial charge in [0, 0.05) is 36.7 Å². The normalized spacial score (nSPS) is 10.5. The van der Waals surface area contributed by atoms with Crippen molar-refractivity contribution in [3.8, 4) is 0 Å². The van der Waals surface area contributed by atoms with Crippen molar-refractivity contribution in [2.75, 3.05) is 29.9 Å². The highest BCUT2D eigenvalue weighted by molar-refractivity contribution is 5.92. The third-order valence-corrected chi connectivity index (χ3v) is 4.15. The molecule has 6 heteroatoms. The largest absolute Gasteiger partial charge is 0.372 e. The molecule has 0 saturated heterocycles. The number of carbonyl (C=O) groups excluding carboxylic acids is 1. The molecule has 0 bridgehead atoms. The number of carbonyl (C=O) groups is 1. The Morgan fingerprint density at radius 1 is 1.08 bits per heavy atom. The highest BCUT2D eigenvalue weighted by Crippen LogP contribution is 2.20. The van der Waals surface area contributed by atoms with Gasteiger partial charge in [-0.15, -0.1) is 0 Å². The summed E-state index contributed by atoms with van der Waals surface area (Å²) in [4.78, 5) is 23.2. The van der Waals surface area contributed by atoms with E-state index in [0.717, 1.165) is 37.3 Å². The molecule has 0 unspecified atom stereocenters. The Hall–Kier alpha value is -2.63. The molecule has 1 aromatic heterocycles. The van der Waals surface area contributed by atoms with Crippen molar-refractivity contribution in [2.24, 2.45) is 0 Å². The fourth-order valence-corrected chi connectivity index (χ4v) is 2.68. The molecule has 0 radical (unpaired) electrons. The molecule has 1 aromatic carbocycles. The maximum atomic E-state index is 12.2. The molecular weight excluding hydrogens is 326 g/mol. The third kappa shape index (κ3) is 5.44. The summed E-state index contributed by atoms with van der Waals surface area (Å²) in [5.41, 5.74) is 3.21. The molecule has 26 heavy (non-hydrogen) atoms. The van der Waals surface area contributed by atoms with Crippen molar-refractivity contribution in [3.05, 3.63) is 41.7 Å². The van der Waals surface area contributed by atoms with Gasteiger partial charge in [-0.1, -0.05) is 13.3 Å². The van der Waals surface area contributed by atoms with Gasteiger partial charge in [-0.05, 0) is 57.5 Å². The number of aryl methyl sites for hydroxylation is 1. The Labute approximate surface area is 156 Å². The zero-order valence-corrected chi connectivity index (χ0v) is 16.2. The molecule has 0 atom stereocenters. The number of hydrogen-bond acceptors (Lipinski definition) is 5. The van der Waals surface area contributed by atoms with Crippen LogP contribution in [-0.4, -0.2) is 35.5 Å². The SMILES string of the molecule is CCCCNC(=O)c1cc(C)nc(Nc2ccc(N(CC)CC)cc2)n1. The second-order valence-corrected chi connectivity index (χ2v) is 6.17. The van der Waals surface area contributed by atoms with Crippen LogP contribution in [-0.2, 0) is 0 Å². The molecule has 2 aromatic rings. The van der Waals surface area contributed by atoms with Gasteiger partial charge in [0.25, 0.3) is 5.91 Å². The third-order valence-electron chi connectivity index (χ3n) is 4.15. The van der Waals surface area contributed by atoms with Crippen molar-refractivity contribution in [2.45, 2.75) is 40.5 Å². The molecular formula is C20H29N5O. The summed E-state index contributed by atoms with van der Waals surface area (Å²) in [6, 6.07) is 9.85. The summed E-state index contributed by atoms with van der Waals surface area (Å²) >= 11 is 0. The quantitative estimate of drug-likeness (QED) is 0.668. The lowest BCUT2D eigenvalue weighted by atomic mass is 10.2. The molecule has 2 rings (SSSR count). The van der Waals surface area contributed by atoms with Crippen LogP contribution in [0.4, 0.5) is 17.3 Å². The fraction of sp³-hybridized carbons (Fsp3) is 0.450. The number of anilines is 3. The number of rotatable bonds is 9. The van der Waals surface area contributed by atoms with E-state index < -0.39 is 0 Å². The van der Waals surface area contributed by atoms with Crippen LogP contribution in [0.25, 0.3) is 0 Å². The van der Waals surface area contributed by atoms with Crippen molar-refractivity contribution in [1.29, 1.82) is 0 Å². The van der Waals surface area contributed by atoms with Crippen LogP contribution >= 0.6 is 0 Å². The topological polar surface area (TPSA) is 70.2 Å². The first-order valence-corrected chi connectivity index (χ1v) is 9.33. The number of hydrogen-bond donors (Lipinski definition) is 2. The second kappa shape index (κ2) is 9.75. The van der Waals surface area contributed by atoms with Gasteiger partial charge in [-0.25, -0.2) is 9.97 Å². The van der Waals surface area contributed by atoms with E-state index >= 15 is 0 Å². The van der Waals surface area contributed by atoms with E-state index in [-0.39, 0.29) is 5.91 Å². The Bertz CT molecular complexity index is 711. The number of unbranched alkanes of at least 4 members (excludes halogenated alkanes) is 1. The summed E-state index contributed by atoms with van der Waals surface area (Å²) in [6.45, 7) is 10.8. The zero-order chi connectivity index (χ0) is 18.9. The summed E-state index contributed by atoms with van der Waals surface area (Å²) in [5.74, 6) is 0.269. The molecule has 6 nitrogen and oxygen atoms in total. The highest BCUT2D eigenvalue weighted by Gasteiger charge is 2.10. The Morgan fingerprint density at radius 3 is 2.38 bits per heavy atom. The predicted octanol–water partition coefficient (Wildman–Crippen LogP) is 3.90. The minimum Gasteiger partial charge on any atom is -0.372 e. The molecule has 0 aliphatic rings. The van der Waals surface area contributed by atoms with Crippen molar-refractivity contribution >= 4 is 23.2 Å². The van der Waals surface area contributed by atoms with E-state index in [1.807, 2.05) is 19.1 Å². The molecule has 1 amide bonds. The maximum absolute atomic E-state index is 12.2. The minimum atomic E-state index is -0.163. The van der Waals surface area contributed by atoms with Crippen LogP contribution in [0.15, 0.2) is 30.3 Å². The van der Waals surface area contributed by atoms with Gasteiger partial charge in [0.1, 0.15) is 5.69 Å². The van der Waals surface area contributed by atoms with E-state index in [0.29, 0.717) is 18.2 Å². The van der Waals surface area contributed by atoms with E-state index in [4.69, 9.17) is 0 Å². The number of aromatic nitrogens is 2. The molecule has 140 valence electrons. The van der Waals surface area contributed by atoms with Crippen molar-refractivity contribution < 1.29 is 4.79 Å². The van der Waals surface area contributed by atoms with Gasteiger partial charge in [-0.2, -0.15) is 0 Å². The standard InChI is InChI=1S/C20H29N5O/c1-5-8-13-21-19(26)18-14-15(4)22-20(24-18)23-16-9-11-17(12-10-16)25(6-2)7-3/h9-12,14H,5-8,13H2,1-4H3,(H,21,26)(H,22,23,24). The van der Waals surface area contributed by atoms with Crippen LogP contribution < -0.4 is 15.5 Å². The van der Waals surface area contributed by atoms with Crippen LogP contribution in [0, 0.1) is 6.92 Å². The summed E-state index contributed by atoms with van der Waals surface area (Å²) < 4.78 is 0. The minimum absolute atomic E-state index is 0.163. The number of nitrogens with one attached hydrogen (secondary N) is 2.